The normalized spacial score (nSPS) is 18.1. The molecule has 1 saturated heterocycles. The molecule has 0 saturated carbocycles. The van der Waals surface area contributed by atoms with E-state index < -0.39 is 6.04 Å². The maximum Gasteiger partial charge on any atom is 0.245 e. The molecule has 1 N–H and O–H groups in total. The SMILES string of the molecule is C=CC(=O)NC(C)C(=O)N1CCOCC1. The van der Waals surface area contributed by atoms with Crippen LogP contribution in [-0.2, 0) is 14.3 Å². The fourth-order valence-electron chi connectivity index (χ4n) is 1.39. The van der Waals surface area contributed by atoms with Gasteiger partial charge in [0, 0.05) is 13.1 Å². The Bertz CT molecular complexity index is 259. The Morgan fingerprint density at radius 1 is 1.47 bits per heavy atom. The summed E-state index contributed by atoms with van der Waals surface area (Å²) in [5.74, 6) is -0.405. The number of hydrogen-bond acceptors (Lipinski definition) is 3. The Morgan fingerprint density at radius 2 is 2.07 bits per heavy atom. The lowest BCUT2D eigenvalue weighted by Gasteiger charge is -2.29. The van der Waals surface area contributed by atoms with E-state index in [0.29, 0.717) is 26.3 Å². The Kier molecular flexibility index (Phi) is 4.30. The van der Waals surface area contributed by atoms with Crippen molar-refractivity contribution >= 4 is 11.8 Å². The van der Waals surface area contributed by atoms with Crippen molar-refractivity contribution in [3.8, 4) is 0 Å². The van der Waals surface area contributed by atoms with Crippen LogP contribution in [0.2, 0.25) is 0 Å². The molecular formula is C10H16N2O3. The minimum Gasteiger partial charge on any atom is -0.378 e. The number of nitrogens with one attached hydrogen (secondary N) is 1. The largest absolute Gasteiger partial charge is 0.378 e. The molecular weight excluding hydrogens is 196 g/mol. The summed E-state index contributed by atoms with van der Waals surface area (Å²) in [7, 11) is 0. The Hall–Kier alpha value is -1.36. The summed E-state index contributed by atoms with van der Waals surface area (Å²) in [4.78, 5) is 24.4. The zero-order valence-electron chi connectivity index (χ0n) is 8.86. The second kappa shape index (κ2) is 5.50. The smallest absolute Gasteiger partial charge is 0.245 e. The fraction of sp³-hybridized carbons (Fsp3) is 0.600. The van der Waals surface area contributed by atoms with Crippen LogP contribution >= 0.6 is 0 Å². The molecule has 1 rings (SSSR count). The minimum atomic E-state index is -0.506. The molecule has 0 aromatic carbocycles. The van der Waals surface area contributed by atoms with Crippen LogP contribution in [0.5, 0.6) is 0 Å². The van der Waals surface area contributed by atoms with Crippen LogP contribution in [-0.4, -0.2) is 49.1 Å². The first kappa shape index (κ1) is 11.7. The molecule has 0 bridgehead atoms. The van der Waals surface area contributed by atoms with Gasteiger partial charge in [-0.2, -0.15) is 0 Å². The van der Waals surface area contributed by atoms with Crippen molar-refractivity contribution in [2.24, 2.45) is 0 Å². The van der Waals surface area contributed by atoms with Gasteiger partial charge in [-0.15, -0.1) is 0 Å². The van der Waals surface area contributed by atoms with Gasteiger partial charge >= 0.3 is 0 Å². The highest BCUT2D eigenvalue weighted by atomic mass is 16.5. The van der Waals surface area contributed by atoms with Crippen LogP contribution < -0.4 is 5.32 Å². The molecule has 0 radical (unpaired) electrons. The lowest BCUT2D eigenvalue weighted by atomic mass is 10.2. The Balaban J connectivity index is 2.43. The molecule has 1 unspecified atom stereocenters. The summed E-state index contributed by atoms with van der Waals surface area (Å²) in [6.07, 6.45) is 1.16. The van der Waals surface area contributed by atoms with E-state index in [1.54, 1.807) is 11.8 Å². The molecule has 1 aliphatic heterocycles. The maximum atomic E-state index is 11.8. The summed E-state index contributed by atoms with van der Waals surface area (Å²) in [5.41, 5.74) is 0. The van der Waals surface area contributed by atoms with Crippen molar-refractivity contribution in [2.45, 2.75) is 13.0 Å². The van der Waals surface area contributed by atoms with Crippen molar-refractivity contribution in [1.29, 1.82) is 0 Å². The first-order chi connectivity index (χ1) is 7.15. The van der Waals surface area contributed by atoms with Crippen molar-refractivity contribution in [1.82, 2.24) is 10.2 Å². The van der Waals surface area contributed by atoms with Crippen molar-refractivity contribution < 1.29 is 14.3 Å². The number of rotatable bonds is 3. The molecule has 1 atom stereocenters. The molecule has 5 heteroatoms. The first-order valence-electron chi connectivity index (χ1n) is 4.94. The van der Waals surface area contributed by atoms with Gasteiger partial charge < -0.3 is 15.0 Å². The summed E-state index contributed by atoms with van der Waals surface area (Å²) in [6, 6.07) is -0.506. The van der Waals surface area contributed by atoms with Crippen LogP contribution in [0.1, 0.15) is 6.92 Å². The molecule has 1 heterocycles. The number of nitrogens with zero attached hydrogens (tertiary/aromatic N) is 1. The topological polar surface area (TPSA) is 58.6 Å². The van der Waals surface area contributed by atoms with Gasteiger partial charge in [0.05, 0.1) is 13.2 Å². The van der Waals surface area contributed by atoms with E-state index in [9.17, 15) is 9.59 Å². The predicted octanol–water partition coefficient (Wildman–Crippen LogP) is -0.464. The third-order valence-corrected chi connectivity index (χ3v) is 2.24. The molecule has 0 aromatic heterocycles. The molecule has 15 heavy (non-hydrogen) atoms. The van der Waals surface area contributed by atoms with E-state index in [4.69, 9.17) is 4.74 Å². The van der Waals surface area contributed by atoms with Gasteiger partial charge in [0.1, 0.15) is 6.04 Å². The Morgan fingerprint density at radius 3 is 2.60 bits per heavy atom. The van der Waals surface area contributed by atoms with Gasteiger partial charge in [-0.05, 0) is 13.0 Å². The number of carbonyl (C=O) groups is 2. The molecule has 84 valence electrons. The van der Waals surface area contributed by atoms with E-state index >= 15 is 0 Å². The average molecular weight is 212 g/mol. The highest BCUT2D eigenvalue weighted by Crippen LogP contribution is 2.00. The van der Waals surface area contributed by atoms with Gasteiger partial charge in [0.25, 0.3) is 0 Å². The van der Waals surface area contributed by atoms with E-state index in [1.807, 2.05) is 0 Å². The van der Waals surface area contributed by atoms with E-state index in [1.165, 1.54) is 0 Å². The molecule has 2 amide bonds. The molecule has 0 aromatic rings. The van der Waals surface area contributed by atoms with Crippen LogP contribution in [0.25, 0.3) is 0 Å². The number of morpholine rings is 1. The monoisotopic (exact) mass is 212 g/mol. The number of ether oxygens (including phenoxy) is 1. The second-order valence-electron chi connectivity index (χ2n) is 3.37. The van der Waals surface area contributed by atoms with Crippen molar-refractivity contribution in [3.05, 3.63) is 12.7 Å². The average Bonchev–Trinajstić information content (AvgIpc) is 2.29. The zero-order valence-corrected chi connectivity index (χ0v) is 8.86. The van der Waals surface area contributed by atoms with Gasteiger partial charge in [-0.25, -0.2) is 0 Å². The summed E-state index contributed by atoms with van der Waals surface area (Å²) >= 11 is 0. The van der Waals surface area contributed by atoms with Gasteiger partial charge in [-0.1, -0.05) is 6.58 Å². The summed E-state index contributed by atoms with van der Waals surface area (Å²) in [6.45, 7) is 7.30. The highest BCUT2D eigenvalue weighted by Gasteiger charge is 2.22. The Labute approximate surface area is 89.1 Å². The lowest BCUT2D eigenvalue weighted by Crippen LogP contribution is -2.50. The quantitative estimate of drug-likeness (QED) is 0.644. The van der Waals surface area contributed by atoms with Gasteiger partial charge in [0.15, 0.2) is 0 Å². The van der Waals surface area contributed by atoms with Crippen LogP contribution in [0, 0.1) is 0 Å². The summed E-state index contributed by atoms with van der Waals surface area (Å²) < 4.78 is 5.13. The number of carbonyl (C=O) groups excluding carboxylic acids is 2. The van der Waals surface area contributed by atoms with E-state index in [0.717, 1.165) is 6.08 Å². The molecule has 0 spiro atoms. The van der Waals surface area contributed by atoms with E-state index in [2.05, 4.69) is 11.9 Å². The third kappa shape index (κ3) is 3.36. The predicted molar refractivity (Wildman–Crippen MR) is 55.2 cm³/mol. The third-order valence-electron chi connectivity index (χ3n) is 2.24. The standard InChI is InChI=1S/C10H16N2O3/c1-3-9(13)11-8(2)10(14)12-4-6-15-7-5-12/h3,8H,1,4-7H2,2H3,(H,11,13). The number of amides is 2. The first-order valence-corrected chi connectivity index (χ1v) is 4.94. The fourth-order valence-corrected chi connectivity index (χ4v) is 1.39. The second-order valence-corrected chi connectivity index (χ2v) is 3.37. The van der Waals surface area contributed by atoms with Gasteiger partial charge in [-0.3, -0.25) is 9.59 Å². The van der Waals surface area contributed by atoms with Crippen molar-refractivity contribution in [2.75, 3.05) is 26.3 Å². The summed E-state index contributed by atoms with van der Waals surface area (Å²) in [5, 5.41) is 2.54. The van der Waals surface area contributed by atoms with Crippen LogP contribution in [0.15, 0.2) is 12.7 Å². The number of hydrogen-bond donors (Lipinski definition) is 1. The van der Waals surface area contributed by atoms with E-state index in [-0.39, 0.29) is 11.8 Å². The molecule has 1 fully saturated rings. The lowest BCUT2D eigenvalue weighted by molar-refractivity contribution is -0.138. The van der Waals surface area contributed by atoms with Crippen molar-refractivity contribution in [3.63, 3.8) is 0 Å². The van der Waals surface area contributed by atoms with Gasteiger partial charge in [0.2, 0.25) is 11.8 Å². The molecule has 1 aliphatic rings. The highest BCUT2D eigenvalue weighted by molar-refractivity contribution is 5.92. The minimum absolute atomic E-state index is 0.0755. The van der Waals surface area contributed by atoms with Crippen LogP contribution in [0.3, 0.4) is 0 Å². The molecule has 0 aliphatic carbocycles. The van der Waals surface area contributed by atoms with Crippen LogP contribution in [0.4, 0.5) is 0 Å². The molecule has 5 nitrogen and oxygen atoms in total. The maximum absolute atomic E-state index is 11.8. The zero-order chi connectivity index (χ0) is 11.3.